The van der Waals surface area contributed by atoms with Gasteiger partial charge in [0, 0.05) is 13.1 Å². The van der Waals surface area contributed by atoms with Gasteiger partial charge in [-0.1, -0.05) is 20.3 Å². The van der Waals surface area contributed by atoms with E-state index >= 15 is 0 Å². The monoisotopic (exact) mass is 242 g/mol. The number of primary amides is 1. The highest BCUT2D eigenvalue weighted by Crippen LogP contribution is 2.36. The Labute approximate surface area is 102 Å². The molecule has 2 atom stereocenters. The minimum absolute atomic E-state index is 0.326. The zero-order chi connectivity index (χ0) is 13.1. The van der Waals surface area contributed by atoms with E-state index < -0.39 is 11.4 Å². The van der Waals surface area contributed by atoms with Gasteiger partial charge < -0.3 is 10.8 Å². The van der Waals surface area contributed by atoms with Crippen LogP contribution < -0.4 is 5.73 Å². The third-order valence-electron chi connectivity index (χ3n) is 3.72. The van der Waals surface area contributed by atoms with Gasteiger partial charge in [0.05, 0.1) is 11.5 Å². The van der Waals surface area contributed by atoms with Crippen molar-refractivity contribution in [2.45, 2.75) is 45.6 Å². The molecule has 17 heavy (non-hydrogen) atoms. The predicted octanol–water partition coefficient (Wildman–Crippen LogP) is 0.827. The lowest BCUT2D eigenvalue weighted by Crippen LogP contribution is -2.45. The van der Waals surface area contributed by atoms with Gasteiger partial charge in [-0.05, 0) is 19.3 Å². The number of carbonyl (C=O) groups excluding carboxylic acids is 1. The molecular formula is C12H22N2O3. The van der Waals surface area contributed by atoms with Crippen molar-refractivity contribution in [3.63, 3.8) is 0 Å². The number of carboxylic acids is 1. The standard InChI is InChI=1S/C12H22N2O3/c1-3-5-12(11(16)17)6-7-14(8-12)9(4-2)10(13)15/h9H,3-8H2,1-2H3,(H2,13,15)(H,16,17). The summed E-state index contributed by atoms with van der Waals surface area (Å²) < 4.78 is 0. The van der Waals surface area contributed by atoms with Gasteiger partial charge in [-0.25, -0.2) is 0 Å². The van der Waals surface area contributed by atoms with Crippen LogP contribution in [0.25, 0.3) is 0 Å². The zero-order valence-electron chi connectivity index (χ0n) is 10.6. The number of aliphatic carboxylic acids is 1. The molecule has 0 aromatic heterocycles. The highest BCUT2D eigenvalue weighted by atomic mass is 16.4. The summed E-state index contributed by atoms with van der Waals surface area (Å²) in [6.07, 6.45) is 2.75. The Morgan fingerprint density at radius 2 is 2.12 bits per heavy atom. The molecule has 2 unspecified atom stereocenters. The summed E-state index contributed by atoms with van der Waals surface area (Å²) in [4.78, 5) is 24.6. The third-order valence-corrected chi connectivity index (χ3v) is 3.72. The number of nitrogens with two attached hydrogens (primary N) is 1. The summed E-state index contributed by atoms with van der Waals surface area (Å²) in [5, 5.41) is 9.36. The molecule has 1 fully saturated rings. The number of rotatable bonds is 6. The predicted molar refractivity (Wildman–Crippen MR) is 64.4 cm³/mol. The second-order valence-corrected chi connectivity index (χ2v) is 4.88. The van der Waals surface area contributed by atoms with Crippen LogP contribution in [0.5, 0.6) is 0 Å². The van der Waals surface area contributed by atoms with E-state index in [1.54, 1.807) is 0 Å². The van der Waals surface area contributed by atoms with Crippen molar-refractivity contribution in [3.05, 3.63) is 0 Å². The van der Waals surface area contributed by atoms with Gasteiger partial charge in [0.25, 0.3) is 0 Å². The van der Waals surface area contributed by atoms with Crippen molar-refractivity contribution in [2.24, 2.45) is 11.1 Å². The Bertz CT molecular complexity index is 306. The fourth-order valence-corrected chi connectivity index (χ4v) is 2.77. The molecule has 1 saturated heterocycles. The smallest absolute Gasteiger partial charge is 0.310 e. The summed E-state index contributed by atoms with van der Waals surface area (Å²) >= 11 is 0. The van der Waals surface area contributed by atoms with Gasteiger partial charge in [0.2, 0.25) is 5.91 Å². The van der Waals surface area contributed by atoms with Crippen LogP contribution in [0, 0.1) is 5.41 Å². The van der Waals surface area contributed by atoms with Crippen molar-refractivity contribution in [3.8, 4) is 0 Å². The van der Waals surface area contributed by atoms with Crippen LogP contribution in [-0.2, 0) is 9.59 Å². The Balaban J connectivity index is 2.78. The average molecular weight is 242 g/mol. The van der Waals surface area contributed by atoms with Crippen LogP contribution >= 0.6 is 0 Å². The molecule has 0 aromatic rings. The van der Waals surface area contributed by atoms with Crippen LogP contribution in [0.15, 0.2) is 0 Å². The van der Waals surface area contributed by atoms with Crippen LogP contribution in [0.4, 0.5) is 0 Å². The Morgan fingerprint density at radius 3 is 2.53 bits per heavy atom. The summed E-state index contributed by atoms with van der Waals surface area (Å²) in [5.74, 6) is -1.11. The largest absolute Gasteiger partial charge is 0.481 e. The van der Waals surface area contributed by atoms with Crippen LogP contribution in [0.3, 0.4) is 0 Å². The summed E-state index contributed by atoms with van der Waals surface area (Å²) in [5.41, 5.74) is 4.65. The third kappa shape index (κ3) is 2.77. The van der Waals surface area contributed by atoms with E-state index in [1.165, 1.54) is 0 Å². The van der Waals surface area contributed by atoms with Gasteiger partial charge in [0.15, 0.2) is 0 Å². The number of likely N-dealkylation sites (tertiary alicyclic amines) is 1. The minimum atomic E-state index is -0.749. The van der Waals surface area contributed by atoms with Crippen molar-refractivity contribution in [2.75, 3.05) is 13.1 Å². The molecule has 1 rings (SSSR count). The van der Waals surface area contributed by atoms with Crippen LogP contribution in [0.1, 0.15) is 39.5 Å². The lowest BCUT2D eigenvalue weighted by atomic mass is 9.82. The van der Waals surface area contributed by atoms with E-state index in [2.05, 4.69) is 0 Å². The first-order chi connectivity index (χ1) is 7.96. The molecule has 0 aliphatic carbocycles. The van der Waals surface area contributed by atoms with E-state index in [0.717, 1.165) is 6.42 Å². The minimum Gasteiger partial charge on any atom is -0.481 e. The maximum absolute atomic E-state index is 11.4. The topological polar surface area (TPSA) is 83.6 Å². The molecule has 1 aliphatic rings. The molecule has 5 heteroatoms. The van der Waals surface area contributed by atoms with Gasteiger partial charge >= 0.3 is 5.97 Å². The molecule has 0 spiro atoms. The summed E-state index contributed by atoms with van der Waals surface area (Å²) in [6.45, 7) is 4.97. The van der Waals surface area contributed by atoms with Gasteiger partial charge in [0.1, 0.15) is 0 Å². The Morgan fingerprint density at radius 1 is 1.47 bits per heavy atom. The maximum Gasteiger partial charge on any atom is 0.310 e. The normalized spacial score (nSPS) is 26.9. The van der Waals surface area contributed by atoms with Crippen molar-refractivity contribution < 1.29 is 14.7 Å². The van der Waals surface area contributed by atoms with E-state index in [0.29, 0.717) is 32.4 Å². The number of hydrogen-bond acceptors (Lipinski definition) is 3. The highest BCUT2D eigenvalue weighted by molar-refractivity contribution is 5.80. The number of amides is 1. The molecule has 1 amide bonds. The SMILES string of the molecule is CCCC1(C(=O)O)CCN(C(CC)C(N)=O)C1. The first-order valence-electron chi connectivity index (χ1n) is 6.23. The quantitative estimate of drug-likeness (QED) is 0.722. The van der Waals surface area contributed by atoms with E-state index in [9.17, 15) is 14.7 Å². The summed E-state index contributed by atoms with van der Waals surface area (Å²) in [6, 6.07) is -0.326. The lowest BCUT2D eigenvalue weighted by molar-refractivity contribution is -0.149. The fraction of sp³-hybridized carbons (Fsp3) is 0.833. The van der Waals surface area contributed by atoms with Crippen molar-refractivity contribution in [1.29, 1.82) is 0 Å². The first kappa shape index (κ1) is 14.0. The van der Waals surface area contributed by atoms with Crippen molar-refractivity contribution in [1.82, 2.24) is 4.90 Å². The van der Waals surface area contributed by atoms with Gasteiger partial charge in [-0.15, -0.1) is 0 Å². The highest BCUT2D eigenvalue weighted by Gasteiger charge is 2.46. The zero-order valence-corrected chi connectivity index (χ0v) is 10.6. The first-order valence-corrected chi connectivity index (χ1v) is 6.23. The molecule has 0 bridgehead atoms. The maximum atomic E-state index is 11.4. The number of hydrogen-bond donors (Lipinski definition) is 2. The van der Waals surface area contributed by atoms with E-state index in [4.69, 9.17) is 5.73 Å². The van der Waals surface area contributed by atoms with E-state index in [-0.39, 0.29) is 11.9 Å². The fourth-order valence-electron chi connectivity index (χ4n) is 2.77. The molecule has 0 aromatic carbocycles. The molecule has 5 nitrogen and oxygen atoms in total. The number of carbonyl (C=O) groups is 2. The lowest BCUT2D eigenvalue weighted by Gasteiger charge is -2.27. The average Bonchev–Trinajstić information content (AvgIpc) is 2.64. The van der Waals surface area contributed by atoms with Crippen LogP contribution in [0.2, 0.25) is 0 Å². The molecular weight excluding hydrogens is 220 g/mol. The number of carboxylic acid groups (broad SMARTS) is 1. The Kier molecular flexibility index (Phi) is 4.51. The second kappa shape index (κ2) is 5.49. The Hall–Kier alpha value is -1.10. The number of nitrogens with zero attached hydrogens (tertiary/aromatic N) is 1. The van der Waals surface area contributed by atoms with Gasteiger partial charge in [-0.3, -0.25) is 14.5 Å². The van der Waals surface area contributed by atoms with Crippen molar-refractivity contribution >= 4 is 11.9 Å². The summed E-state index contributed by atoms with van der Waals surface area (Å²) in [7, 11) is 0. The van der Waals surface area contributed by atoms with Gasteiger partial charge in [-0.2, -0.15) is 0 Å². The molecule has 98 valence electrons. The molecule has 3 N–H and O–H groups in total. The molecule has 1 aliphatic heterocycles. The molecule has 0 saturated carbocycles. The molecule has 1 heterocycles. The van der Waals surface area contributed by atoms with Crippen LogP contribution in [-0.4, -0.2) is 41.0 Å². The second-order valence-electron chi connectivity index (χ2n) is 4.88. The molecule has 0 radical (unpaired) electrons. The van der Waals surface area contributed by atoms with E-state index in [1.807, 2.05) is 18.7 Å².